The summed E-state index contributed by atoms with van der Waals surface area (Å²) in [6, 6.07) is 23.9. The Morgan fingerprint density at radius 2 is 1.07 bits per heavy atom. The van der Waals surface area contributed by atoms with Gasteiger partial charge in [-0.15, -0.1) is 0 Å². The molecule has 0 spiro atoms. The molecule has 5 aromatic rings. The van der Waals surface area contributed by atoms with Crippen LogP contribution in [0.2, 0.25) is 0 Å². The highest BCUT2D eigenvalue weighted by molar-refractivity contribution is 5.94. The lowest BCUT2D eigenvalue weighted by molar-refractivity contribution is 1.34. The van der Waals surface area contributed by atoms with Crippen molar-refractivity contribution in [3.05, 3.63) is 96.6 Å². The normalized spacial score (nSPS) is 11.9. The first-order valence-corrected chi connectivity index (χ1v) is 9.31. The summed E-state index contributed by atoms with van der Waals surface area (Å²) in [5.74, 6) is 0. The fraction of sp³-hybridized carbons (Fsp3) is 0. The van der Waals surface area contributed by atoms with Gasteiger partial charge in [0.25, 0.3) is 0 Å². The van der Waals surface area contributed by atoms with Gasteiger partial charge in [0.15, 0.2) is 0 Å². The van der Waals surface area contributed by atoms with Gasteiger partial charge in [0.2, 0.25) is 0 Å². The SMILES string of the molecule is C(=Nc1cccc2cccnc12)c1ccc(C=Nc2cccc3cccnc23)[nH]1. The van der Waals surface area contributed by atoms with Crippen LogP contribution in [0.5, 0.6) is 0 Å². The second-order valence-electron chi connectivity index (χ2n) is 6.59. The Hall–Kier alpha value is -4.12. The summed E-state index contributed by atoms with van der Waals surface area (Å²) in [5.41, 5.74) is 5.27. The molecule has 0 unspecified atom stereocenters. The number of aliphatic imine (C=N–C) groups is 2. The largest absolute Gasteiger partial charge is 0.353 e. The molecule has 2 aromatic carbocycles. The van der Waals surface area contributed by atoms with E-state index in [2.05, 4.69) is 24.9 Å². The molecule has 0 aliphatic rings. The fourth-order valence-corrected chi connectivity index (χ4v) is 3.24. The summed E-state index contributed by atoms with van der Waals surface area (Å²) in [6.07, 6.45) is 7.18. The maximum atomic E-state index is 4.60. The minimum Gasteiger partial charge on any atom is -0.353 e. The van der Waals surface area contributed by atoms with Crippen molar-refractivity contribution in [2.75, 3.05) is 0 Å². The Bertz CT molecular complexity index is 1250. The minimum absolute atomic E-state index is 0.842. The van der Waals surface area contributed by atoms with Crippen LogP contribution in [0.3, 0.4) is 0 Å². The number of hydrogen-bond acceptors (Lipinski definition) is 4. The van der Waals surface area contributed by atoms with Gasteiger partial charge < -0.3 is 4.98 Å². The summed E-state index contributed by atoms with van der Waals surface area (Å²) < 4.78 is 0. The van der Waals surface area contributed by atoms with Crippen molar-refractivity contribution in [1.82, 2.24) is 15.0 Å². The van der Waals surface area contributed by atoms with Crippen LogP contribution in [0, 0.1) is 0 Å². The fourth-order valence-electron chi connectivity index (χ4n) is 3.24. The lowest BCUT2D eigenvalue weighted by atomic mass is 10.2. The topological polar surface area (TPSA) is 66.3 Å². The molecule has 0 radical (unpaired) electrons. The highest BCUT2D eigenvalue weighted by atomic mass is 14.8. The summed E-state index contributed by atoms with van der Waals surface area (Å²) in [5, 5.41) is 2.15. The predicted octanol–water partition coefficient (Wildman–Crippen LogP) is 5.61. The second kappa shape index (κ2) is 7.48. The molecule has 0 saturated carbocycles. The first-order chi connectivity index (χ1) is 14.4. The van der Waals surface area contributed by atoms with Crippen molar-refractivity contribution in [1.29, 1.82) is 0 Å². The molecule has 138 valence electrons. The van der Waals surface area contributed by atoms with Crippen molar-refractivity contribution in [2.24, 2.45) is 9.98 Å². The molecule has 0 atom stereocenters. The molecule has 0 saturated heterocycles. The third kappa shape index (κ3) is 3.53. The van der Waals surface area contributed by atoms with Gasteiger partial charge in [-0.3, -0.25) is 20.0 Å². The van der Waals surface area contributed by atoms with Gasteiger partial charge in [0.1, 0.15) is 0 Å². The molecule has 0 aliphatic heterocycles. The van der Waals surface area contributed by atoms with E-state index in [-0.39, 0.29) is 0 Å². The first-order valence-electron chi connectivity index (χ1n) is 9.31. The van der Waals surface area contributed by atoms with E-state index in [1.165, 1.54) is 0 Å². The van der Waals surface area contributed by atoms with Gasteiger partial charge in [0, 0.05) is 23.2 Å². The van der Waals surface area contributed by atoms with Gasteiger partial charge in [-0.1, -0.05) is 36.4 Å². The molecule has 5 rings (SSSR count). The number of hydrogen-bond donors (Lipinski definition) is 1. The van der Waals surface area contributed by atoms with Crippen LogP contribution < -0.4 is 0 Å². The lowest BCUT2D eigenvalue weighted by Crippen LogP contribution is -1.85. The zero-order chi connectivity index (χ0) is 19.5. The van der Waals surface area contributed by atoms with Crippen LogP contribution >= 0.6 is 0 Å². The van der Waals surface area contributed by atoms with Crippen molar-refractivity contribution in [3.8, 4) is 0 Å². The number of H-pyrrole nitrogens is 1. The molecule has 0 aliphatic carbocycles. The van der Waals surface area contributed by atoms with Gasteiger partial charge in [-0.05, 0) is 36.4 Å². The smallest absolute Gasteiger partial charge is 0.0958 e. The molecule has 5 heteroatoms. The Kier molecular flexibility index (Phi) is 4.39. The lowest BCUT2D eigenvalue weighted by Gasteiger charge is -2.00. The van der Waals surface area contributed by atoms with E-state index in [0.717, 1.165) is 44.6 Å². The molecule has 0 amide bonds. The third-order valence-corrected chi connectivity index (χ3v) is 4.64. The number of para-hydroxylation sites is 2. The number of fused-ring (bicyclic) bond motifs is 2. The highest BCUT2D eigenvalue weighted by Crippen LogP contribution is 2.24. The third-order valence-electron chi connectivity index (χ3n) is 4.64. The highest BCUT2D eigenvalue weighted by Gasteiger charge is 2.01. The van der Waals surface area contributed by atoms with E-state index in [9.17, 15) is 0 Å². The van der Waals surface area contributed by atoms with Crippen molar-refractivity contribution >= 4 is 45.6 Å². The number of nitrogens with one attached hydrogen (secondary N) is 1. The molecule has 29 heavy (non-hydrogen) atoms. The van der Waals surface area contributed by atoms with E-state index in [0.29, 0.717) is 0 Å². The number of nitrogens with zero attached hydrogens (tertiary/aromatic N) is 4. The van der Waals surface area contributed by atoms with Crippen LogP contribution in [-0.2, 0) is 0 Å². The minimum atomic E-state index is 0.842. The molecule has 0 fully saturated rings. The summed E-state index contributed by atoms with van der Waals surface area (Å²) in [6.45, 7) is 0. The zero-order valence-corrected chi connectivity index (χ0v) is 15.5. The van der Waals surface area contributed by atoms with Crippen LogP contribution in [0.4, 0.5) is 11.4 Å². The number of benzene rings is 2. The second-order valence-corrected chi connectivity index (χ2v) is 6.59. The van der Waals surface area contributed by atoms with Crippen LogP contribution in [-0.4, -0.2) is 27.4 Å². The van der Waals surface area contributed by atoms with Gasteiger partial charge >= 0.3 is 0 Å². The van der Waals surface area contributed by atoms with E-state index in [1.54, 1.807) is 24.8 Å². The van der Waals surface area contributed by atoms with Gasteiger partial charge in [-0.2, -0.15) is 0 Å². The van der Waals surface area contributed by atoms with E-state index < -0.39 is 0 Å². The summed E-state index contributed by atoms with van der Waals surface area (Å²) in [4.78, 5) is 21.4. The molecular weight excluding hydrogens is 358 g/mol. The average molecular weight is 375 g/mol. The summed E-state index contributed by atoms with van der Waals surface area (Å²) in [7, 11) is 0. The number of rotatable bonds is 4. The van der Waals surface area contributed by atoms with E-state index in [1.807, 2.05) is 72.8 Å². The quantitative estimate of drug-likeness (QED) is 0.415. The molecule has 3 heterocycles. The summed E-state index contributed by atoms with van der Waals surface area (Å²) >= 11 is 0. The average Bonchev–Trinajstić information content (AvgIpc) is 3.24. The Morgan fingerprint density at radius 1 is 0.586 bits per heavy atom. The van der Waals surface area contributed by atoms with Crippen LogP contribution in [0.1, 0.15) is 11.4 Å². The zero-order valence-electron chi connectivity index (χ0n) is 15.5. The van der Waals surface area contributed by atoms with Crippen molar-refractivity contribution in [2.45, 2.75) is 0 Å². The van der Waals surface area contributed by atoms with E-state index in [4.69, 9.17) is 0 Å². The monoisotopic (exact) mass is 375 g/mol. The Morgan fingerprint density at radius 3 is 1.59 bits per heavy atom. The first kappa shape index (κ1) is 17.0. The number of aromatic amines is 1. The number of aromatic nitrogens is 3. The Balaban J connectivity index is 1.39. The van der Waals surface area contributed by atoms with Gasteiger partial charge in [0.05, 0.1) is 46.2 Å². The van der Waals surface area contributed by atoms with Gasteiger partial charge in [-0.25, -0.2) is 0 Å². The van der Waals surface area contributed by atoms with Crippen LogP contribution in [0.25, 0.3) is 21.8 Å². The maximum Gasteiger partial charge on any atom is 0.0958 e. The van der Waals surface area contributed by atoms with E-state index >= 15 is 0 Å². The molecular formula is C24H17N5. The molecule has 3 aromatic heterocycles. The Labute approximate surface area is 167 Å². The molecule has 0 bridgehead atoms. The number of pyridine rings is 2. The predicted molar refractivity (Wildman–Crippen MR) is 119 cm³/mol. The maximum absolute atomic E-state index is 4.60. The van der Waals surface area contributed by atoms with Crippen molar-refractivity contribution < 1.29 is 0 Å². The molecule has 5 nitrogen and oxygen atoms in total. The standard InChI is InChI=1S/C24H17N5/c1-5-17-7-3-13-25-23(17)21(9-1)27-15-19-11-12-20(29-19)16-28-22-10-2-6-18-8-4-14-26-24(18)22/h1-16,29H. The van der Waals surface area contributed by atoms with Crippen molar-refractivity contribution in [3.63, 3.8) is 0 Å². The molecule has 1 N–H and O–H groups in total. The van der Waals surface area contributed by atoms with Crippen LogP contribution in [0.15, 0.2) is 95.2 Å².